The Kier molecular flexibility index (Phi) is 3.83. The second kappa shape index (κ2) is 4.91. The molecule has 4 nitrogen and oxygen atoms in total. The first kappa shape index (κ1) is 10.9. The van der Waals surface area contributed by atoms with Crippen molar-refractivity contribution in [2.75, 3.05) is 18.0 Å². The Hall–Kier alpha value is -1.16. The van der Waals surface area contributed by atoms with Crippen molar-refractivity contribution in [3.05, 3.63) is 18.1 Å². The van der Waals surface area contributed by atoms with Crippen LogP contribution in [0.1, 0.15) is 19.5 Å². The van der Waals surface area contributed by atoms with Gasteiger partial charge in [0.15, 0.2) is 0 Å². The van der Waals surface area contributed by atoms with Crippen LogP contribution in [0.2, 0.25) is 0 Å². The predicted molar refractivity (Wildman–Crippen MR) is 58.3 cm³/mol. The molecule has 1 aromatic heterocycles. The van der Waals surface area contributed by atoms with E-state index in [1.807, 2.05) is 13.0 Å². The summed E-state index contributed by atoms with van der Waals surface area (Å²) in [5, 5.41) is 0. The van der Waals surface area contributed by atoms with Crippen molar-refractivity contribution in [3.63, 3.8) is 0 Å². The zero-order valence-corrected chi connectivity index (χ0v) is 9.07. The molecule has 78 valence electrons. The van der Waals surface area contributed by atoms with Crippen molar-refractivity contribution in [2.45, 2.75) is 26.8 Å². The molecule has 0 atom stereocenters. The molecular weight excluding hydrogens is 176 g/mol. The average molecular weight is 194 g/mol. The molecule has 0 aliphatic rings. The number of nitrogens with two attached hydrogens (primary N) is 1. The van der Waals surface area contributed by atoms with Gasteiger partial charge < -0.3 is 10.6 Å². The molecule has 0 saturated carbocycles. The number of rotatable bonds is 4. The van der Waals surface area contributed by atoms with Crippen molar-refractivity contribution < 1.29 is 0 Å². The Labute approximate surface area is 85.2 Å². The van der Waals surface area contributed by atoms with Gasteiger partial charge in [-0.25, -0.2) is 9.97 Å². The van der Waals surface area contributed by atoms with E-state index in [1.165, 1.54) is 0 Å². The third-order valence-corrected chi connectivity index (χ3v) is 2.08. The van der Waals surface area contributed by atoms with Gasteiger partial charge in [0.25, 0.3) is 0 Å². The summed E-state index contributed by atoms with van der Waals surface area (Å²) in [6, 6.07) is 2.39. The Balaban J connectivity index is 2.87. The number of aromatic nitrogens is 2. The summed E-state index contributed by atoms with van der Waals surface area (Å²) in [7, 11) is 0. The fourth-order valence-corrected chi connectivity index (χ4v) is 1.37. The molecule has 0 radical (unpaired) electrons. The summed E-state index contributed by atoms with van der Waals surface area (Å²) in [6.45, 7) is 7.70. The monoisotopic (exact) mass is 194 g/mol. The van der Waals surface area contributed by atoms with Crippen LogP contribution in [0.5, 0.6) is 0 Å². The first-order chi connectivity index (χ1) is 6.65. The van der Waals surface area contributed by atoms with Crippen LogP contribution in [0, 0.1) is 6.92 Å². The van der Waals surface area contributed by atoms with E-state index in [-0.39, 0.29) is 0 Å². The highest BCUT2D eigenvalue weighted by Crippen LogP contribution is 2.12. The minimum Gasteiger partial charge on any atom is -0.353 e. The van der Waals surface area contributed by atoms with Gasteiger partial charge in [-0.1, -0.05) is 0 Å². The lowest BCUT2D eigenvalue weighted by molar-refractivity contribution is 0.673. The first-order valence-corrected chi connectivity index (χ1v) is 4.90. The zero-order chi connectivity index (χ0) is 10.6. The molecule has 0 spiro atoms. The predicted octanol–water partition coefficient (Wildman–Crippen LogP) is 0.959. The van der Waals surface area contributed by atoms with Crippen molar-refractivity contribution in [3.8, 4) is 0 Å². The van der Waals surface area contributed by atoms with Gasteiger partial charge in [0.05, 0.1) is 0 Å². The van der Waals surface area contributed by atoms with Gasteiger partial charge in [-0.05, 0) is 20.8 Å². The lowest BCUT2D eigenvalue weighted by Gasteiger charge is -2.27. The normalized spacial score (nSPS) is 10.6. The molecule has 0 amide bonds. The van der Waals surface area contributed by atoms with Crippen LogP contribution in [0.3, 0.4) is 0 Å². The molecule has 1 heterocycles. The molecule has 0 aromatic carbocycles. The molecule has 4 heteroatoms. The molecule has 1 rings (SSSR count). The number of hydrogen-bond donors (Lipinski definition) is 1. The maximum Gasteiger partial charge on any atom is 0.132 e. The topological polar surface area (TPSA) is 55.0 Å². The van der Waals surface area contributed by atoms with Crippen LogP contribution >= 0.6 is 0 Å². The van der Waals surface area contributed by atoms with Crippen LogP contribution in [0.15, 0.2) is 12.4 Å². The molecule has 0 bridgehead atoms. The van der Waals surface area contributed by atoms with Crippen molar-refractivity contribution in [1.82, 2.24) is 9.97 Å². The third kappa shape index (κ3) is 2.67. The highest BCUT2D eigenvalue weighted by Gasteiger charge is 2.10. The van der Waals surface area contributed by atoms with Crippen LogP contribution in [-0.4, -0.2) is 29.1 Å². The van der Waals surface area contributed by atoms with E-state index in [0.29, 0.717) is 12.6 Å². The Morgan fingerprint density at radius 2 is 2.14 bits per heavy atom. The van der Waals surface area contributed by atoms with E-state index >= 15 is 0 Å². The lowest BCUT2D eigenvalue weighted by atomic mass is 10.3. The molecule has 0 fully saturated rings. The summed E-state index contributed by atoms with van der Waals surface area (Å²) in [5.41, 5.74) is 6.54. The van der Waals surface area contributed by atoms with Crippen molar-refractivity contribution >= 4 is 5.82 Å². The Morgan fingerprint density at radius 3 is 2.64 bits per heavy atom. The summed E-state index contributed by atoms with van der Waals surface area (Å²) in [5.74, 6) is 0.956. The van der Waals surface area contributed by atoms with Crippen LogP contribution in [0.4, 0.5) is 5.82 Å². The maximum absolute atomic E-state index is 5.56. The average Bonchev–Trinajstić information content (AvgIpc) is 2.13. The molecule has 2 N–H and O–H groups in total. The quantitative estimate of drug-likeness (QED) is 0.775. The van der Waals surface area contributed by atoms with Crippen LogP contribution in [0.25, 0.3) is 0 Å². The number of anilines is 1. The lowest BCUT2D eigenvalue weighted by Crippen LogP contribution is -2.36. The van der Waals surface area contributed by atoms with E-state index < -0.39 is 0 Å². The first-order valence-electron chi connectivity index (χ1n) is 4.90. The maximum atomic E-state index is 5.56. The van der Waals surface area contributed by atoms with E-state index in [2.05, 4.69) is 28.7 Å². The van der Waals surface area contributed by atoms with E-state index in [1.54, 1.807) is 6.33 Å². The molecule has 0 aliphatic carbocycles. The van der Waals surface area contributed by atoms with Gasteiger partial charge in [-0.15, -0.1) is 0 Å². The Morgan fingerprint density at radius 1 is 1.43 bits per heavy atom. The number of nitrogens with zero attached hydrogens (tertiary/aromatic N) is 3. The molecule has 14 heavy (non-hydrogen) atoms. The largest absolute Gasteiger partial charge is 0.353 e. The van der Waals surface area contributed by atoms with Gasteiger partial charge in [0.1, 0.15) is 12.1 Å². The molecular formula is C10H18N4. The van der Waals surface area contributed by atoms with Gasteiger partial charge in [0, 0.05) is 30.9 Å². The van der Waals surface area contributed by atoms with E-state index in [4.69, 9.17) is 5.73 Å². The fraction of sp³-hybridized carbons (Fsp3) is 0.600. The van der Waals surface area contributed by atoms with Crippen LogP contribution in [-0.2, 0) is 0 Å². The van der Waals surface area contributed by atoms with Gasteiger partial charge in [-0.3, -0.25) is 0 Å². The smallest absolute Gasteiger partial charge is 0.132 e. The molecule has 0 unspecified atom stereocenters. The Bertz CT molecular complexity index is 285. The molecule has 0 saturated heterocycles. The zero-order valence-electron chi connectivity index (χ0n) is 9.07. The van der Waals surface area contributed by atoms with Gasteiger partial charge in [0.2, 0.25) is 0 Å². The van der Waals surface area contributed by atoms with E-state index in [0.717, 1.165) is 18.1 Å². The third-order valence-electron chi connectivity index (χ3n) is 2.08. The fourth-order valence-electron chi connectivity index (χ4n) is 1.37. The van der Waals surface area contributed by atoms with E-state index in [9.17, 15) is 0 Å². The summed E-state index contributed by atoms with van der Waals surface area (Å²) < 4.78 is 0. The summed E-state index contributed by atoms with van der Waals surface area (Å²) in [6.07, 6.45) is 1.59. The minimum atomic E-state index is 0.410. The summed E-state index contributed by atoms with van der Waals surface area (Å²) >= 11 is 0. The highest BCUT2D eigenvalue weighted by atomic mass is 15.2. The highest BCUT2D eigenvalue weighted by molar-refractivity contribution is 5.39. The number of hydrogen-bond acceptors (Lipinski definition) is 4. The number of aryl methyl sites for hydroxylation is 1. The van der Waals surface area contributed by atoms with Crippen molar-refractivity contribution in [2.24, 2.45) is 5.73 Å². The molecule has 1 aromatic rings. The van der Waals surface area contributed by atoms with Gasteiger partial charge in [-0.2, -0.15) is 0 Å². The van der Waals surface area contributed by atoms with Gasteiger partial charge >= 0.3 is 0 Å². The minimum absolute atomic E-state index is 0.410. The SMILES string of the molecule is Cc1cc(N(CCN)C(C)C)ncn1. The summed E-state index contributed by atoms with van der Waals surface area (Å²) in [4.78, 5) is 10.5. The second-order valence-electron chi connectivity index (χ2n) is 3.59. The molecule has 0 aliphatic heterocycles. The second-order valence-corrected chi connectivity index (χ2v) is 3.59. The van der Waals surface area contributed by atoms with Crippen LogP contribution < -0.4 is 10.6 Å². The van der Waals surface area contributed by atoms with Crippen molar-refractivity contribution in [1.29, 1.82) is 0 Å². The standard InChI is InChI=1S/C10H18N4/c1-8(2)14(5-4-11)10-6-9(3)12-7-13-10/h6-8H,4-5,11H2,1-3H3.